The summed E-state index contributed by atoms with van der Waals surface area (Å²) in [5, 5.41) is 40.0. The lowest BCUT2D eigenvalue weighted by molar-refractivity contribution is -0.271. The molecule has 2 aliphatic heterocycles. The molecule has 0 unspecified atom stereocenters. The lowest BCUT2D eigenvalue weighted by atomic mass is 9.69. The van der Waals surface area contributed by atoms with E-state index in [0.717, 1.165) is 43.8 Å². The van der Waals surface area contributed by atoms with Crippen LogP contribution in [0.5, 0.6) is 11.5 Å². The molecule has 0 aromatic heterocycles. The number of rotatable bonds is 9. The lowest BCUT2D eigenvalue weighted by Gasteiger charge is -2.39. The van der Waals surface area contributed by atoms with Crippen molar-refractivity contribution in [1.82, 2.24) is 4.90 Å². The molecule has 228 valence electrons. The highest BCUT2D eigenvalue weighted by molar-refractivity contribution is 5.73. The van der Waals surface area contributed by atoms with E-state index in [1.807, 2.05) is 30.3 Å². The summed E-state index contributed by atoms with van der Waals surface area (Å²) in [7, 11) is 0. The number of aliphatic hydroxyl groups excluding tert-OH is 3. The Hall–Kier alpha value is -3.47. The van der Waals surface area contributed by atoms with Crippen molar-refractivity contribution in [3.63, 3.8) is 0 Å². The number of aliphatic carboxylic acids is 1. The number of carboxylic acid groups (broad SMARTS) is 1. The predicted molar refractivity (Wildman–Crippen MR) is 158 cm³/mol. The molecular formula is C34H39NO8. The average molecular weight is 590 g/mol. The molecule has 4 N–H and O–H groups in total. The topological polar surface area (TPSA) is 129 Å². The van der Waals surface area contributed by atoms with E-state index < -0.39 is 36.7 Å². The molecule has 43 heavy (non-hydrogen) atoms. The first-order chi connectivity index (χ1) is 20.9. The van der Waals surface area contributed by atoms with E-state index in [1.54, 1.807) is 6.07 Å². The third-order valence-electron chi connectivity index (χ3n) is 8.98. The van der Waals surface area contributed by atoms with Gasteiger partial charge in [-0.2, -0.15) is 0 Å². The van der Waals surface area contributed by atoms with E-state index in [-0.39, 0.29) is 11.8 Å². The van der Waals surface area contributed by atoms with Crippen LogP contribution in [-0.2, 0) is 16.0 Å². The van der Waals surface area contributed by atoms with Gasteiger partial charge in [0.05, 0.1) is 0 Å². The Morgan fingerprint density at radius 3 is 2.30 bits per heavy atom. The number of aryl methyl sites for hydroxylation is 1. The molecule has 2 heterocycles. The van der Waals surface area contributed by atoms with Gasteiger partial charge in [-0.3, -0.25) is 4.90 Å². The van der Waals surface area contributed by atoms with Crippen LogP contribution in [0.3, 0.4) is 0 Å². The summed E-state index contributed by atoms with van der Waals surface area (Å²) in [6.45, 7) is 3.92. The fourth-order valence-corrected chi connectivity index (χ4v) is 6.69. The van der Waals surface area contributed by atoms with Crippen molar-refractivity contribution in [2.24, 2.45) is 0 Å². The van der Waals surface area contributed by atoms with Crippen molar-refractivity contribution in [2.75, 3.05) is 26.2 Å². The van der Waals surface area contributed by atoms with Crippen LogP contribution in [-0.4, -0.2) is 88.2 Å². The lowest BCUT2D eigenvalue weighted by Crippen LogP contribution is -2.61. The number of hydrogen-bond acceptors (Lipinski definition) is 8. The second kappa shape index (κ2) is 13.0. The van der Waals surface area contributed by atoms with E-state index >= 15 is 0 Å². The van der Waals surface area contributed by atoms with E-state index in [1.165, 1.54) is 29.5 Å². The number of carboxylic acids is 1. The Labute approximate surface area is 251 Å². The fourth-order valence-electron chi connectivity index (χ4n) is 6.69. The number of fused-ring (bicyclic) bond motifs is 1. The SMILES string of the molecule is O=C(O)[C@H]1O[C@@H](Oc2ccc3c(c2)CC[C@H](c2ccccc2)[C@@H]3c2ccc(OCCN3CCCC3)cc2)[C@H](O)[C@@H](O)[C@@H]1O. The van der Waals surface area contributed by atoms with Crippen LogP contribution in [0.15, 0.2) is 72.8 Å². The minimum Gasteiger partial charge on any atom is -0.492 e. The number of hydrogen-bond donors (Lipinski definition) is 4. The first kappa shape index (κ1) is 29.6. The second-order valence-corrected chi connectivity index (χ2v) is 11.7. The van der Waals surface area contributed by atoms with Gasteiger partial charge in [-0.1, -0.05) is 48.5 Å². The maximum absolute atomic E-state index is 11.5. The maximum Gasteiger partial charge on any atom is 0.335 e. The predicted octanol–water partition coefficient (Wildman–Crippen LogP) is 3.29. The Morgan fingerprint density at radius 2 is 1.58 bits per heavy atom. The molecule has 3 aliphatic rings. The van der Waals surface area contributed by atoms with E-state index in [9.17, 15) is 25.2 Å². The quantitative estimate of drug-likeness (QED) is 0.297. The minimum atomic E-state index is -1.77. The summed E-state index contributed by atoms with van der Waals surface area (Å²) >= 11 is 0. The van der Waals surface area contributed by atoms with E-state index in [0.29, 0.717) is 12.4 Å². The summed E-state index contributed by atoms with van der Waals surface area (Å²) in [6.07, 6.45) is -4.04. The van der Waals surface area contributed by atoms with Crippen LogP contribution >= 0.6 is 0 Å². The van der Waals surface area contributed by atoms with Crippen LogP contribution in [0.2, 0.25) is 0 Å². The van der Waals surface area contributed by atoms with Crippen molar-refractivity contribution >= 4 is 5.97 Å². The molecule has 3 aromatic rings. The third kappa shape index (κ3) is 6.41. The van der Waals surface area contributed by atoms with Crippen molar-refractivity contribution in [3.8, 4) is 11.5 Å². The van der Waals surface area contributed by atoms with Gasteiger partial charge in [0.2, 0.25) is 6.29 Å². The molecule has 3 aromatic carbocycles. The van der Waals surface area contributed by atoms with Crippen molar-refractivity contribution in [2.45, 2.75) is 68.2 Å². The number of carbonyl (C=O) groups is 1. The molecular weight excluding hydrogens is 550 g/mol. The zero-order chi connectivity index (χ0) is 29.9. The summed E-state index contributed by atoms with van der Waals surface area (Å²) < 4.78 is 17.2. The standard InChI is InChI=1S/C34H39NO8/c36-29-30(37)32(33(39)40)43-34(31(29)38)42-25-13-15-27-23(20-25)10-14-26(21-6-2-1-3-7-21)28(27)22-8-11-24(12-9-22)41-19-18-35-16-4-5-17-35/h1-3,6-9,11-13,15,20,26,28-32,34,36-38H,4-5,10,14,16-19H2,(H,39,40)/t26-,28+,29+,30+,31-,32+,34-/m1/s1. The zero-order valence-electron chi connectivity index (χ0n) is 24.0. The van der Waals surface area contributed by atoms with Gasteiger partial charge in [0.15, 0.2) is 6.10 Å². The highest BCUT2D eigenvalue weighted by atomic mass is 16.7. The molecule has 7 atom stereocenters. The molecule has 2 saturated heterocycles. The molecule has 9 heteroatoms. The van der Waals surface area contributed by atoms with Crippen LogP contribution in [0.25, 0.3) is 0 Å². The van der Waals surface area contributed by atoms with Gasteiger partial charge in [-0.25, -0.2) is 4.79 Å². The number of nitrogens with zero attached hydrogens (tertiary/aromatic N) is 1. The van der Waals surface area contributed by atoms with Crippen LogP contribution in [0.1, 0.15) is 53.4 Å². The molecule has 6 rings (SSSR count). The molecule has 9 nitrogen and oxygen atoms in total. The Bertz CT molecular complexity index is 1380. The molecule has 0 spiro atoms. The van der Waals surface area contributed by atoms with Crippen molar-refractivity contribution in [3.05, 3.63) is 95.1 Å². The van der Waals surface area contributed by atoms with E-state index in [2.05, 4.69) is 41.3 Å². The summed E-state index contributed by atoms with van der Waals surface area (Å²) in [4.78, 5) is 13.9. The van der Waals surface area contributed by atoms with Gasteiger partial charge in [-0.15, -0.1) is 0 Å². The van der Waals surface area contributed by atoms with Gasteiger partial charge < -0.3 is 34.6 Å². The van der Waals surface area contributed by atoms with Gasteiger partial charge >= 0.3 is 5.97 Å². The largest absolute Gasteiger partial charge is 0.492 e. The average Bonchev–Trinajstić information content (AvgIpc) is 3.55. The number of likely N-dealkylation sites (tertiary alicyclic amines) is 1. The monoisotopic (exact) mass is 589 g/mol. The van der Waals surface area contributed by atoms with E-state index in [4.69, 9.17) is 14.2 Å². The smallest absolute Gasteiger partial charge is 0.335 e. The Kier molecular flexibility index (Phi) is 8.97. The third-order valence-corrected chi connectivity index (χ3v) is 8.98. The van der Waals surface area contributed by atoms with Crippen molar-refractivity contribution < 1.29 is 39.4 Å². The van der Waals surface area contributed by atoms with Gasteiger partial charge in [0.25, 0.3) is 0 Å². The molecule has 0 saturated carbocycles. The first-order valence-electron chi connectivity index (χ1n) is 15.1. The van der Waals surface area contributed by atoms with Crippen LogP contribution in [0, 0.1) is 0 Å². The number of ether oxygens (including phenoxy) is 3. The van der Waals surface area contributed by atoms with Gasteiger partial charge in [-0.05, 0) is 91.2 Å². The van der Waals surface area contributed by atoms with Crippen LogP contribution < -0.4 is 9.47 Å². The zero-order valence-corrected chi connectivity index (χ0v) is 24.0. The molecule has 2 fully saturated rings. The Balaban J connectivity index is 1.23. The highest BCUT2D eigenvalue weighted by Gasteiger charge is 2.48. The van der Waals surface area contributed by atoms with Crippen molar-refractivity contribution in [1.29, 1.82) is 0 Å². The summed E-state index contributed by atoms with van der Waals surface area (Å²) in [6, 6.07) is 24.6. The van der Waals surface area contributed by atoms with Gasteiger partial charge in [0, 0.05) is 12.5 Å². The maximum atomic E-state index is 11.5. The second-order valence-electron chi connectivity index (χ2n) is 11.7. The number of benzene rings is 3. The fraction of sp³-hybridized carbons (Fsp3) is 0.441. The molecule has 0 amide bonds. The number of aliphatic hydroxyl groups is 3. The van der Waals surface area contributed by atoms with Crippen LogP contribution in [0.4, 0.5) is 0 Å². The first-order valence-corrected chi connectivity index (χ1v) is 15.1. The summed E-state index contributed by atoms with van der Waals surface area (Å²) in [5.41, 5.74) is 4.71. The molecule has 1 aliphatic carbocycles. The normalized spacial score (nSPS) is 29.1. The molecule has 0 bridgehead atoms. The molecule has 0 radical (unpaired) electrons. The van der Waals surface area contributed by atoms with Gasteiger partial charge in [0.1, 0.15) is 36.4 Å². The highest BCUT2D eigenvalue weighted by Crippen LogP contribution is 2.47. The Morgan fingerprint density at radius 1 is 0.860 bits per heavy atom. The summed E-state index contributed by atoms with van der Waals surface area (Å²) in [5.74, 6) is 0.143. The minimum absolute atomic E-state index is 0.0868.